The van der Waals surface area contributed by atoms with Crippen molar-refractivity contribution in [3.05, 3.63) is 47.5 Å². The molecule has 5 rings (SSSR count). The van der Waals surface area contributed by atoms with E-state index in [1.165, 1.54) is 111 Å². The molecule has 182 valence electrons. The van der Waals surface area contributed by atoms with Crippen molar-refractivity contribution in [2.45, 2.75) is 116 Å². The maximum Gasteiger partial charge on any atom is 0.141 e. The number of nitrogens with zero attached hydrogens (tertiary/aromatic N) is 2. The summed E-state index contributed by atoms with van der Waals surface area (Å²) in [5, 5.41) is 1.66. The second-order valence-electron chi connectivity index (χ2n) is 10.9. The van der Waals surface area contributed by atoms with Crippen LogP contribution in [0.4, 0.5) is 0 Å². The smallest absolute Gasteiger partial charge is 0.141 e. The molecule has 0 spiro atoms. The summed E-state index contributed by atoms with van der Waals surface area (Å²) in [6.07, 6.45) is 16.8. The molecule has 0 N–H and O–H groups in total. The molecule has 0 atom stereocenters. The average Bonchev–Trinajstić information content (AvgIpc) is 3.21. The van der Waals surface area contributed by atoms with Gasteiger partial charge >= 0.3 is 0 Å². The Bertz CT molecular complexity index is 1080. The molecule has 2 saturated carbocycles. The Hall–Kier alpha value is -1.66. The zero-order chi connectivity index (χ0) is 23.5. The molecule has 34 heavy (non-hydrogen) atoms. The highest BCUT2D eigenvalue weighted by Gasteiger charge is 2.34. The van der Waals surface area contributed by atoms with E-state index >= 15 is 0 Å². The number of hydrogen-bond donors (Lipinski definition) is 0. The fourth-order valence-electron chi connectivity index (χ4n) is 6.43. The van der Waals surface area contributed by atoms with E-state index in [1.54, 1.807) is 5.30 Å². The number of aromatic nitrogens is 2. The third-order valence-electron chi connectivity index (χ3n) is 8.46. The summed E-state index contributed by atoms with van der Waals surface area (Å²) in [6, 6.07) is 14.2. The van der Waals surface area contributed by atoms with Gasteiger partial charge in [0.1, 0.15) is 5.82 Å². The summed E-state index contributed by atoms with van der Waals surface area (Å²) in [5.74, 6) is 1.23. The fourth-order valence-corrected chi connectivity index (χ4v) is 10.4. The molecule has 2 aromatic carbocycles. The van der Waals surface area contributed by atoms with Gasteiger partial charge in [0.05, 0.1) is 11.0 Å². The van der Waals surface area contributed by atoms with Gasteiger partial charge in [-0.1, -0.05) is 84.1 Å². The van der Waals surface area contributed by atoms with Crippen LogP contribution in [-0.4, -0.2) is 20.9 Å². The van der Waals surface area contributed by atoms with E-state index in [4.69, 9.17) is 4.98 Å². The van der Waals surface area contributed by atoms with E-state index in [2.05, 4.69) is 61.7 Å². The monoisotopic (exact) mass is 474 g/mol. The van der Waals surface area contributed by atoms with Crippen LogP contribution in [0.2, 0.25) is 0 Å². The number of unbranched alkanes of at least 4 members (excludes halogenated alkanes) is 1. The van der Waals surface area contributed by atoms with Crippen molar-refractivity contribution in [2.75, 3.05) is 0 Å². The summed E-state index contributed by atoms with van der Waals surface area (Å²) in [7, 11) is -0.157. The molecule has 0 unspecified atom stereocenters. The minimum atomic E-state index is -0.157. The molecule has 0 aliphatic heterocycles. The van der Waals surface area contributed by atoms with Crippen LogP contribution in [0, 0.1) is 13.8 Å². The van der Waals surface area contributed by atoms with Gasteiger partial charge in [0.15, 0.2) is 0 Å². The lowest BCUT2D eigenvalue weighted by molar-refractivity contribution is 0.487. The maximum absolute atomic E-state index is 5.34. The third kappa shape index (κ3) is 4.86. The van der Waals surface area contributed by atoms with Crippen molar-refractivity contribution in [1.82, 2.24) is 9.55 Å². The van der Waals surface area contributed by atoms with Gasteiger partial charge in [0.2, 0.25) is 0 Å². The minimum Gasteiger partial charge on any atom is -0.324 e. The SMILES string of the molecule is CCCCn1c(-c2ccccc2P(C2CCCCC2)C2CCCCC2)nc2cc(C)c(C)cc21. The lowest BCUT2D eigenvalue weighted by atomic mass is 9.99. The molecule has 2 nitrogen and oxygen atoms in total. The van der Waals surface area contributed by atoms with Crippen molar-refractivity contribution in [3.63, 3.8) is 0 Å². The molecule has 0 saturated heterocycles. The number of imidazole rings is 1. The molecule has 0 radical (unpaired) electrons. The van der Waals surface area contributed by atoms with E-state index in [9.17, 15) is 0 Å². The topological polar surface area (TPSA) is 17.8 Å². The first-order chi connectivity index (χ1) is 16.7. The van der Waals surface area contributed by atoms with E-state index in [0.29, 0.717) is 0 Å². The van der Waals surface area contributed by atoms with Crippen LogP contribution in [0.25, 0.3) is 22.4 Å². The molecule has 0 amide bonds. The van der Waals surface area contributed by atoms with Gasteiger partial charge in [-0.15, -0.1) is 0 Å². The van der Waals surface area contributed by atoms with Crippen LogP contribution in [0.15, 0.2) is 36.4 Å². The first kappa shape index (κ1) is 24.1. The standard InChI is InChI=1S/C31H43N2P/c1-4-5-20-33-29-22-24(3)23(2)21-28(29)32-31(33)27-18-12-13-19-30(27)34(25-14-8-6-9-15-25)26-16-10-7-11-17-26/h12-13,18-19,21-22,25-26H,4-11,14-17,20H2,1-3H3. The first-order valence-electron chi connectivity index (χ1n) is 14.0. The minimum absolute atomic E-state index is 0.157. The highest BCUT2D eigenvalue weighted by atomic mass is 31.1. The van der Waals surface area contributed by atoms with Crippen molar-refractivity contribution >= 4 is 24.3 Å². The molecule has 2 aliphatic carbocycles. The number of fused-ring (bicyclic) bond motifs is 1. The van der Waals surface area contributed by atoms with Gasteiger partial charge in [0.25, 0.3) is 0 Å². The molecular weight excluding hydrogens is 431 g/mol. The Morgan fingerprint density at radius 2 is 1.47 bits per heavy atom. The molecule has 1 aromatic heterocycles. The lowest BCUT2D eigenvalue weighted by Gasteiger charge is -2.39. The van der Waals surface area contributed by atoms with Gasteiger partial charge in [-0.05, 0) is 85.8 Å². The second kappa shape index (κ2) is 10.9. The van der Waals surface area contributed by atoms with Crippen molar-refractivity contribution in [3.8, 4) is 11.4 Å². The van der Waals surface area contributed by atoms with Crippen LogP contribution in [-0.2, 0) is 6.54 Å². The molecule has 1 heterocycles. The zero-order valence-electron chi connectivity index (χ0n) is 21.7. The Kier molecular flexibility index (Phi) is 7.74. The predicted molar refractivity (Wildman–Crippen MR) is 150 cm³/mol. The summed E-state index contributed by atoms with van der Waals surface area (Å²) < 4.78 is 2.55. The quantitative estimate of drug-likeness (QED) is 0.313. The average molecular weight is 475 g/mol. The van der Waals surface area contributed by atoms with Crippen LogP contribution >= 0.6 is 7.92 Å². The summed E-state index contributed by atoms with van der Waals surface area (Å²) >= 11 is 0. The van der Waals surface area contributed by atoms with Crippen LogP contribution in [0.3, 0.4) is 0 Å². The van der Waals surface area contributed by atoms with E-state index in [-0.39, 0.29) is 7.92 Å². The van der Waals surface area contributed by atoms with Crippen LogP contribution in [0.1, 0.15) is 95.1 Å². The van der Waals surface area contributed by atoms with Crippen LogP contribution in [0.5, 0.6) is 0 Å². The Morgan fingerprint density at radius 3 is 2.12 bits per heavy atom. The number of aryl methyl sites for hydroxylation is 3. The molecule has 3 aromatic rings. The molecular formula is C31H43N2P. The normalized spacial score (nSPS) is 18.2. The number of benzene rings is 2. The van der Waals surface area contributed by atoms with Gasteiger partial charge in [-0.3, -0.25) is 0 Å². The van der Waals surface area contributed by atoms with Gasteiger partial charge in [0, 0.05) is 12.1 Å². The number of hydrogen-bond acceptors (Lipinski definition) is 1. The summed E-state index contributed by atoms with van der Waals surface area (Å²) in [5.41, 5.74) is 8.46. The van der Waals surface area contributed by atoms with Gasteiger partial charge in [-0.25, -0.2) is 4.98 Å². The molecule has 2 fully saturated rings. The zero-order valence-corrected chi connectivity index (χ0v) is 22.5. The molecule has 2 aliphatic rings. The Morgan fingerprint density at radius 1 is 0.853 bits per heavy atom. The van der Waals surface area contributed by atoms with Crippen molar-refractivity contribution in [1.29, 1.82) is 0 Å². The molecule has 3 heteroatoms. The van der Waals surface area contributed by atoms with Gasteiger partial charge < -0.3 is 4.57 Å². The van der Waals surface area contributed by atoms with E-state index in [1.807, 2.05) is 0 Å². The van der Waals surface area contributed by atoms with E-state index in [0.717, 1.165) is 17.9 Å². The Balaban J connectivity index is 1.65. The predicted octanol–water partition coefficient (Wildman–Crippen LogP) is 8.89. The van der Waals surface area contributed by atoms with Gasteiger partial charge in [-0.2, -0.15) is 0 Å². The summed E-state index contributed by atoms with van der Waals surface area (Å²) in [6.45, 7) is 7.82. The third-order valence-corrected chi connectivity index (χ3v) is 12.0. The van der Waals surface area contributed by atoms with E-state index < -0.39 is 0 Å². The first-order valence-corrected chi connectivity index (χ1v) is 15.5. The van der Waals surface area contributed by atoms with Crippen LogP contribution < -0.4 is 5.30 Å². The highest BCUT2D eigenvalue weighted by Crippen LogP contribution is 2.56. The largest absolute Gasteiger partial charge is 0.324 e. The van der Waals surface area contributed by atoms with Crippen molar-refractivity contribution < 1.29 is 0 Å². The molecule has 0 bridgehead atoms. The highest BCUT2D eigenvalue weighted by molar-refractivity contribution is 7.67. The summed E-state index contributed by atoms with van der Waals surface area (Å²) in [4.78, 5) is 5.34. The second-order valence-corrected chi connectivity index (χ2v) is 13.6. The van der Waals surface area contributed by atoms with Crippen molar-refractivity contribution in [2.24, 2.45) is 0 Å². The lowest BCUT2D eigenvalue weighted by Crippen LogP contribution is -2.27. The fraction of sp³-hybridized carbons (Fsp3) is 0.581. The number of rotatable bonds is 7. The maximum atomic E-state index is 5.34. The Labute approximate surface area is 208 Å².